The lowest BCUT2D eigenvalue weighted by Gasteiger charge is -2.18. The lowest BCUT2D eigenvalue weighted by Crippen LogP contribution is -2.07. The van der Waals surface area contributed by atoms with E-state index in [9.17, 15) is 4.79 Å². The number of halogens is 1. The van der Waals surface area contributed by atoms with Gasteiger partial charge in [-0.3, -0.25) is 4.79 Å². The maximum atomic E-state index is 10.6. The van der Waals surface area contributed by atoms with Crippen molar-refractivity contribution in [1.82, 2.24) is 0 Å². The van der Waals surface area contributed by atoms with Gasteiger partial charge >= 0.3 is 5.97 Å². The summed E-state index contributed by atoms with van der Waals surface area (Å²) < 4.78 is 1.08. The quantitative estimate of drug-likeness (QED) is 0.896. The van der Waals surface area contributed by atoms with Gasteiger partial charge in [-0.15, -0.1) is 0 Å². The van der Waals surface area contributed by atoms with Gasteiger partial charge in [0.05, 0.1) is 6.42 Å². The first-order valence-electron chi connectivity index (χ1n) is 5.19. The minimum absolute atomic E-state index is 0.117. The fourth-order valence-corrected chi connectivity index (χ4v) is 2.90. The number of rotatable bonds is 2. The summed E-state index contributed by atoms with van der Waals surface area (Å²) in [5, 5.41) is 8.75. The minimum atomic E-state index is -0.766. The lowest BCUT2D eigenvalue weighted by molar-refractivity contribution is -0.136. The molecule has 0 heterocycles. The molecule has 0 unspecified atom stereocenters. The van der Waals surface area contributed by atoms with Gasteiger partial charge in [0, 0.05) is 4.47 Å². The molecule has 0 atom stereocenters. The number of fused-ring (bicyclic) bond motifs is 1. The smallest absolute Gasteiger partial charge is 0.307 e. The molecule has 1 N–H and O–H groups in total. The zero-order chi connectivity index (χ0) is 10.8. The second kappa shape index (κ2) is 4.35. The molecule has 3 heteroatoms. The van der Waals surface area contributed by atoms with Crippen molar-refractivity contribution < 1.29 is 9.90 Å². The molecule has 2 nitrogen and oxygen atoms in total. The van der Waals surface area contributed by atoms with E-state index in [0.29, 0.717) is 0 Å². The number of carboxylic acids is 1. The summed E-state index contributed by atoms with van der Waals surface area (Å²) in [5.41, 5.74) is 3.59. The molecule has 1 aliphatic rings. The van der Waals surface area contributed by atoms with Crippen LogP contribution in [0.4, 0.5) is 0 Å². The zero-order valence-corrected chi connectivity index (χ0v) is 10.0. The van der Waals surface area contributed by atoms with Crippen LogP contribution in [0, 0.1) is 0 Å². The van der Waals surface area contributed by atoms with Crippen molar-refractivity contribution in [2.45, 2.75) is 32.1 Å². The summed E-state index contributed by atoms with van der Waals surface area (Å²) in [5.74, 6) is -0.766. The summed E-state index contributed by atoms with van der Waals surface area (Å²) in [6, 6.07) is 3.99. The van der Waals surface area contributed by atoms with Crippen molar-refractivity contribution >= 4 is 21.9 Å². The van der Waals surface area contributed by atoms with Crippen LogP contribution in [0.5, 0.6) is 0 Å². The Morgan fingerprint density at radius 3 is 2.80 bits per heavy atom. The first-order valence-corrected chi connectivity index (χ1v) is 5.98. The highest BCUT2D eigenvalue weighted by Gasteiger charge is 2.14. The van der Waals surface area contributed by atoms with E-state index in [1.807, 2.05) is 12.1 Å². The third-order valence-electron chi connectivity index (χ3n) is 2.83. The molecule has 0 bridgehead atoms. The van der Waals surface area contributed by atoms with Gasteiger partial charge in [0.15, 0.2) is 0 Å². The van der Waals surface area contributed by atoms with Crippen LogP contribution in [0.1, 0.15) is 29.5 Å². The molecule has 0 aliphatic heterocycles. The maximum Gasteiger partial charge on any atom is 0.307 e. The Kier molecular flexibility index (Phi) is 3.10. The first-order chi connectivity index (χ1) is 7.16. The minimum Gasteiger partial charge on any atom is -0.481 e. The van der Waals surface area contributed by atoms with Crippen molar-refractivity contribution in [1.29, 1.82) is 0 Å². The SMILES string of the molecule is O=C(O)Cc1cc(Br)c2c(c1)CCCC2. The molecule has 0 aromatic heterocycles. The van der Waals surface area contributed by atoms with Crippen molar-refractivity contribution in [2.24, 2.45) is 0 Å². The van der Waals surface area contributed by atoms with E-state index in [2.05, 4.69) is 15.9 Å². The van der Waals surface area contributed by atoms with Gasteiger partial charge in [-0.1, -0.05) is 22.0 Å². The van der Waals surface area contributed by atoms with Crippen LogP contribution in [-0.2, 0) is 24.1 Å². The molecule has 1 aromatic carbocycles. The van der Waals surface area contributed by atoms with Gasteiger partial charge in [0.1, 0.15) is 0 Å². The van der Waals surface area contributed by atoms with E-state index in [0.717, 1.165) is 22.9 Å². The molecule has 0 radical (unpaired) electrons. The molecular formula is C12H13BrO2. The standard InChI is InChI=1S/C12H13BrO2/c13-11-6-8(7-12(14)15)5-9-3-1-2-4-10(9)11/h5-6H,1-4,7H2,(H,14,15). The highest BCUT2D eigenvalue weighted by molar-refractivity contribution is 9.10. The molecule has 1 aromatic rings. The third kappa shape index (κ3) is 2.40. The monoisotopic (exact) mass is 268 g/mol. The van der Waals surface area contributed by atoms with Crippen LogP contribution in [-0.4, -0.2) is 11.1 Å². The normalized spacial score (nSPS) is 14.7. The fraction of sp³-hybridized carbons (Fsp3) is 0.417. The van der Waals surface area contributed by atoms with Crippen molar-refractivity contribution in [3.63, 3.8) is 0 Å². The number of benzene rings is 1. The number of carbonyl (C=O) groups is 1. The number of hydrogen-bond acceptors (Lipinski definition) is 1. The maximum absolute atomic E-state index is 10.6. The molecule has 0 amide bonds. The number of hydrogen-bond donors (Lipinski definition) is 1. The van der Waals surface area contributed by atoms with Crippen LogP contribution >= 0.6 is 15.9 Å². The van der Waals surface area contributed by atoms with Crippen LogP contribution < -0.4 is 0 Å². The summed E-state index contributed by atoms with van der Waals surface area (Å²) in [7, 11) is 0. The summed E-state index contributed by atoms with van der Waals surface area (Å²) in [6.07, 6.45) is 4.77. The van der Waals surface area contributed by atoms with Gasteiger partial charge in [0.25, 0.3) is 0 Å². The molecular weight excluding hydrogens is 256 g/mol. The Labute approximate surface area is 97.4 Å². The Morgan fingerprint density at radius 2 is 2.07 bits per heavy atom. The summed E-state index contributed by atoms with van der Waals surface area (Å²) in [6.45, 7) is 0. The van der Waals surface area contributed by atoms with Crippen LogP contribution in [0.25, 0.3) is 0 Å². The average molecular weight is 269 g/mol. The average Bonchev–Trinajstić information content (AvgIpc) is 2.16. The van der Waals surface area contributed by atoms with E-state index < -0.39 is 5.97 Å². The highest BCUT2D eigenvalue weighted by Crippen LogP contribution is 2.29. The largest absolute Gasteiger partial charge is 0.481 e. The Hall–Kier alpha value is -0.830. The second-order valence-corrected chi connectivity index (χ2v) is 4.85. The van der Waals surface area contributed by atoms with E-state index in [-0.39, 0.29) is 6.42 Å². The van der Waals surface area contributed by atoms with Crippen LogP contribution in [0.2, 0.25) is 0 Å². The number of carboxylic acid groups (broad SMARTS) is 1. The second-order valence-electron chi connectivity index (χ2n) is 3.99. The van der Waals surface area contributed by atoms with Gasteiger partial charge in [0.2, 0.25) is 0 Å². The number of aliphatic carboxylic acids is 1. The van der Waals surface area contributed by atoms with Gasteiger partial charge in [-0.2, -0.15) is 0 Å². The van der Waals surface area contributed by atoms with Crippen molar-refractivity contribution in [2.75, 3.05) is 0 Å². The van der Waals surface area contributed by atoms with E-state index in [1.165, 1.54) is 24.0 Å². The summed E-state index contributed by atoms with van der Waals surface area (Å²) in [4.78, 5) is 10.6. The highest BCUT2D eigenvalue weighted by atomic mass is 79.9. The van der Waals surface area contributed by atoms with Gasteiger partial charge in [-0.05, 0) is 48.4 Å². The summed E-state index contributed by atoms with van der Waals surface area (Å²) >= 11 is 3.53. The Balaban J connectivity index is 2.36. The molecule has 0 fully saturated rings. The fourth-order valence-electron chi connectivity index (χ4n) is 2.15. The molecule has 80 valence electrons. The predicted octanol–water partition coefficient (Wildman–Crippen LogP) is 2.96. The zero-order valence-electron chi connectivity index (χ0n) is 8.42. The molecule has 1 aliphatic carbocycles. The molecule has 0 saturated heterocycles. The third-order valence-corrected chi connectivity index (χ3v) is 3.53. The van der Waals surface area contributed by atoms with Crippen LogP contribution in [0.3, 0.4) is 0 Å². The molecule has 2 rings (SSSR count). The Bertz CT molecular complexity index is 399. The van der Waals surface area contributed by atoms with Crippen LogP contribution in [0.15, 0.2) is 16.6 Å². The number of aryl methyl sites for hydroxylation is 1. The van der Waals surface area contributed by atoms with E-state index in [4.69, 9.17) is 5.11 Å². The van der Waals surface area contributed by atoms with E-state index in [1.54, 1.807) is 0 Å². The topological polar surface area (TPSA) is 37.3 Å². The van der Waals surface area contributed by atoms with Gasteiger partial charge < -0.3 is 5.11 Å². The molecule has 0 spiro atoms. The Morgan fingerprint density at radius 1 is 1.33 bits per heavy atom. The lowest BCUT2D eigenvalue weighted by atomic mass is 9.90. The van der Waals surface area contributed by atoms with Gasteiger partial charge in [-0.25, -0.2) is 0 Å². The molecule has 15 heavy (non-hydrogen) atoms. The molecule has 0 saturated carbocycles. The van der Waals surface area contributed by atoms with Crippen molar-refractivity contribution in [3.8, 4) is 0 Å². The predicted molar refractivity (Wildman–Crippen MR) is 62.1 cm³/mol. The van der Waals surface area contributed by atoms with Crippen molar-refractivity contribution in [3.05, 3.63) is 33.3 Å². The first kappa shape index (κ1) is 10.7. The van der Waals surface area contributed by atoms with E-state index >= 15 is 0 Å².